The molecular weight excluding hydrogens is 363 g/mol. The minimum atomic E-state index is -0.432. The molecule has 2 heterocycles. The Hall–Kier alpha value is -2.46. The van der Waals surface area contributed by atoms with Crippen LogP contribution in [-0.2, 0) is 12.8 Å². The van der Waals surface area contributed by atoms with Gasteiger partial charge >= 0.3 is 0 Å². The van der Waals surface area contributed by atoms with Crippen LogP contribution in [0.2, 0.25) is 5.02 Å². The quantitative estimate of drug-likeness (QED) is 0.639. The highest BCUT2D eigenvalue weighted by Crippen LogP contribution is 2.40. The fourth-order valence-electron chi connectivity index (χ4n) is 3.95. The number of aromatic amines is 1. The van der Waals surface area contributed by atoms with E-state index < -0.39 is 5.82 Å². The van der Waals surface area contributed by atoms with Gasteiger partial charge in [0.1, 0.15) is 5.82 Å². The van der Waals surface area contributed by atoms with Crippen LogP contribution in [-0.4, -0.2) is 15.8 Å². The lowest BCUT2D eigenvalue weighted by molar-refractivity contribution is 0.0911. The van der Waals surface area contributed by atoms with Gasteiger partial charge in [0.2, 0.25) is 0 Å². The first-order chi connectivity index (χ1) is 12.9. The number of halogens is 2. The van der Waals surface area contributed by atoms with Crippen molar-refractivity contribution >= 4 is 17.4 Å². The Morgan fingerprint density at radius 3 is 2.67 bits per heavy atom. The van der Waals surface area contributed by atoms with Crippen LogP contribution in [0.1, 0.15) is 47.4 Å². The molecule has 2 aromatic heterocycles. The maximum absolute atomic E-state index is 14.5. The Balaban J connectivity index is 1.90. The second-order valence-electron chi connectivity index (χ2n) is 7.90. The molecule has 138 valence electrons. The van der Waals surface area contributed by atoms with Crippen LogP contribution in [0.4, 0.5) is 4.39 Å². The van der Waals surface area contributed by atoms with Crippen molar-refractivity contribution in [3.63, 3.8) is 0 Å². The van der Waals surface area contributed by atoms with Gasteiger partial charge in [-0.3, -0.25) is 9.78 Å². The Kier molecular flexibility index (Phi) is 4.39. The van der Waals surface area contributed by atoms with Crippen LogP contribution in [0, 0.1) is 11.2 Å². The number of hydrogen-bond acceptors (Lipinski definition) is 2. The third kappa shape index (κ3) is 3.30. The summed E-state index contributed by atoms with van der Waals surface area (Å²) in [6.07, 6.45) is 5.00. The summed E-state index contributed by atoms with van der Waals surface area (Å²) in [6.45, 7) is 4.19. The molecule has 0 unspecified atom stereocenters. The fourth-order valence-corrected chi connectivity index (χ4v) is 4.14. The van der Waals surface area contributed by atoms with Crippen molar-refractivity contribution in [1.29, 1.82) is 0 Å². The largest absolute Gasteiger partial charge is 0.358 e. The van der Waals surface area contributed by atoms with Crippen molar-refractivity contribution in [2.24, 2.45) is 5.41 Å². The molecule has 0 amide bonds. The van der Waals surface area contributed by atoms with Gasteiger partial charge in [-0.15, -0.1) is 0 Å². The highest BCUT2D eigenvalue weighted by Gasteiger charge is 2.35. The highest BCUT2D eigenvalue weighted by molar-refractivity contribution is 6.30. The number of fused-ring (bicyclic) bond motifs is 1. The molecule has 3 aromatic rings. The van der Waals surface area contributed by atoms with E-state index >= 15 is 0 Å². The van der Waals surface area contributed by atoms with E-state index in [0.717, 1.165) is 28.9 Å². The molecule has 1 aromatic carbocycles. The molecule has 0 spiro atoms. The molecule has 1 aliphatic carbocycles. The first-order valence-corrected chi connectivity index (χ1v) is 9.34. The smallest absolute Gasteiger partial charge is 0.165 e. The number of rotatable bonds is 3. The Morgan fingerprint density at radius 2 is 1.93 bits per heavy atom. The van der Waals surface area contributed by atoms with E-state index in [0.29, 0.717) is 24.0 Å². The van der Waals surface area contributed by atoms with Crippen LogP contribution in [0.15, 0.2) is 42.7 Å². The lowest BCUT2D eigenvalue weighted by atomic mass is 9.75. The summed E-state index contributed by atoms with van der Waals surface area (Å²) in [4.78, 5) is 20.5. The summed E-state index contributed by atoms with van der Waals surface area (Å²) >= 11 is 5.96. The summed E-state index contributed by atoms with van der Waals surface area (Å²) in [7, 11) is 0. The van der Waals surface area contributed by atoms with E-state index in [1.165, 1.54) is 6.07 Å². The number of aromatic nitrogens is 2. The zero-order valence-corrected chi connectivity index (χ0v) is 16.0. The highest BCUT2D eigenvalue weighted by atomic mass is 35.5. The van der Waals surface area contributed by atoms with Gasteiger partial charge in [-0.2, -0.15) is 0 Å². The van der Waals surface area contributed by atoms with E-state index in [-0.39, 0.29) is 16.2 Å². The number of pyridine rings is 1. The van der Waals surface area contributed by atoms with Crippen molar-refractivity contribution in [2.45, 2.75) is 33.1 Å². The van der Waals surface area contributed by atoms with E-state index in [4.69, 9.17) is 11.6 Å². The SMILES string of the molecule is CC1(C)CC(=O)c2c([nH]c(-c3ccncc3)c2Cc2cccc(Cl)c2F)C1. The molecule has 4 rings (SSSR count). The van der Waals surface area contributed by atoms with E-state index in [1.54, 1.807) is 24.5 Å². The number of ketones is 1. The zero-order valence-electron chi connectivity index (χ0n) is 15.3. The average Bonchev–Trinajstić information content (AvgIpc) is 2.97. The van der Waals surface area contributed by atoms with Crippen LogP contribution < -0.4 is 0 Å². The number of nitrogens with zero attached hydrogens (tertiary/aromatic N) is 1. The molecule has 0 saturated heterocycles. The van der Waals surface area contributed by atoms with Crippen LogP contribution in [0.25, 0.3) is 11.3 Å². The number of benzene rings is 1. The van der Waals surface area contributed by atoms with E-state index in [2.05, 4.69) is 23.8 Å². The van der Waals surface area contributed by atoms with E-state index in [9.17, 15) is 9.18 Å². The molecule has 0 saturated carbocycles. The molecule has 0 aliphatic heterocycles. The predicted octanol–water partition coefficient (Wildman–Crippen LogP) is 5.62. The maximum Gasteiger partial charge on any atom is 0.165 e. The van der Waals surface area contributed by atoms with Gasteiger partial charge in [-0.1, -0.05) is 37.6 Å². The molecule has 0 radical (unpaired) electrons. The molecule has 0 bridgehead atoms. The van der Waals surface area contributed by atoms with Crippen LogP contribution in [0.3, 0.4) is 0 Å². The number of nitrogens with one attached hydrogen (secondary N) is 1. The van der Waals surface area contributed by atoms with Gasteiger partial charge in [0.25, 0.3) is 0 Å². The minimum Gasteiger partial charge on any atom is -0.358 e. The molecule has 0 fully saturated rings. The van der Waals surface area contributed by atoms with Gasteiger partial charge in [-0.25, -0.2) is 4.39 Å². The van der Waals surface area contributed by atoms with Gasteiger partial charge < -0.3 is 4.98 Å². The number of carbonyl (C=O) groups excluding carboxylic acids is 1. The molecule has 1 N–H and O–H groups in total. The third-order valence-corrected chi connectivity index (χ3v) is 5.41. The average molecular weight is 383 g/mol. The number of Topliss-reactive ketones (excluding diaryl/α,β-unsaturated/α-hetero) is 1. The van der Waals surface area contributed by atoms with Gasteiger partial charge in [0.15, 0.2) is 5.78 Å². The molecule has 1 aliphatic rings. The first kappa shape index (κ1) is 17.9. The van der Waals surface area contributed by atoms with E-state index in [1.807, 2.05) is 12.1 Å². The topological polar surface area (TPSA) is 45.8 Å². The van der Waals surface area contributed by atoms with Gasteiger partial charge in [-0.05, 0) is 41.2 Å². The Labute approximate surface area is 162 Å². The number of carbonyl (C=O) groups is 1. The lowest BCUT2D eigenvalue weighted by Crippen LogP contribution is -2.27. The maximum atomic E-state index is 14.5. The van der Waals surface area contributed by atoms with Crippen molar-refractivity contribution in [2.75, 3.05) is 0 Å². The monoisotopic (exact) mass is 382 g/mol. The standard InChI is InChI=1S/C22H20ClFN2O/c1-22(2)11-17-19(18(27)12-22)15(10-14-4-3-5-16(23)20(14)24)21(26-17)13-6-8-25-9-7-13/h3-9,26H,10-12H2,1-2H3. The second-order valence-corrected chi connectivity index (χ2v) is 8.31. The summed E-state index contributed by atoms with van der Waals surface area (Å²) in [5.41, 5.74) is 4.65. The summed E-state index contributed by atoms with van der Waals surface area (Å²) in [5.74, 6) is -0.325. The minimum absolute atomic E-state index is 0.0924. The normalized spacial score (nSPS) is 15.6. The second kappa shape index (κ2) is 6.61. The zero-order chi connectivity index (χ0) is 19.2. The molecule has 5 heteroatoms. The van der Waals surface area contributed by atoms with Crippen molar-refractivity contribution in [3.8, 4) is 11.3 Å². The van der Waals surface area contributed by atoms with Crippen molar-refractivity contribution in [3.05, 3.63) is 75.9 Å². The van der Waals surface area contributed by atoms with Crippen LogP contribution >= 0.6 is 11.6 Å². The van der Waals surface area contributed by atoms with Crippen molar-refractivity contribution < 1.29 is 9.18 Å². The summed E-state index contributed by atoms with van der Waals surface area (Å²) in [6, 6.07) is 8.77. The Morgan fingerprint density at radius 1 is 1.19 bits per heavy atom. The Bertz CT molecular complexity index is 1020. The molecular formula is C22H20ClFN2O. The van der Waals surface area contributed by atoms with Gasteiger partial charge in [0.05, 0.1) is 10.7 Å². The summed E-state index contributed by atoms with van der Waals surface area (Å²) < 4.78 is 14.5. The van der Waals surface area contributed by atoms with Crippen LogP contribution in [0.5, 0.6) is 0 Å². The molecule has 0 atom stereocenters. The predicted molar refractivity (Wildman–Crippen MR) is 105 cm³/mol. The third-order valence-electron chi connectivity index (χ3n) is 5.12. The molecule has 3 nitrogen and oxygen atoms in total. The summed E-state index contributed by atoms with van der Waals surface area (Å²) in [5, 5.41) is 0.0924. The fraction of sp³-hybridized carbons (Fsp3) is 0.273. The number of hydrogen-bond donors (Lipinski definition) is 1. The van der Waals surface area contributed by atoms with Crippen molar-refractivity contribution in [1.82, 2.24) is 9.97 Å². The molecule has 27 heavy (non-hydrogen) atoms. The lowest BCUT2D eigenvalue weighted by Gasteiger charge is -2.28. The number of H-pyrrole nitrogens is 1. The van der Waals surface area contributed by atoms with Gasteiger partial charge in [0, 0.05) is 42.1 Å². The first-order valence-electron chi connectivity index (χ1n) is 8.96.